The Labute approximate surface area is 213 Å². The highest BCUT2D eigenvalue weighted by Gasteiger charge is 2.19. The fourth-order valence-corrected chi connectivity index (χ4v) is 5.03. The lowest BCUT2D eigenvalue weighted by Gasteiger charge is -2.32. The summed E-state index contributed by atoms with van der Waals surface area (Å²) in [5.74, 6) is -0.691. The lowest BCUT2D eigenvalue weighted by Crippen LogP contribution is -2.45. The molecule has 0 saturated heterocycles. The van der Waals surface area contributed by atoms with Crippen molar-refractivity contribution in [3.8, 4) is 0 Å². The molecule has 4 heteroatoms. The van der Waals surface area contributed by atoms with Gasteiger partial charge in [0.15, 0.2) is 0 Å². The van der Waals surface area contributed by atoms with E-state index in [2.05, 4.69) is 21.0 Å². The summed E-state index contributed by atoms with van der Waals surface area (Å²) in [5, 5.41) is 19.1. The Hall–Kier alpha value is -0.610. The average Bonchev–Trinajstić information content (AvgIpc) is 2.77. The minimum absolute atomic E-state index is 0.196. The number of likely N-dealkylation sites (N-methyl/N-ethyl adjacent to an activating group) is 1. The molecular formula is C30H62NO3+. The number of aliphatic hydroxyl groups excluding tert-OH is 1. The van der Waals surface area contributed by atoms with Gasteiger partial charge in [-0.05, 0) is 25.7 Å². The molecule has 204 valence electrons. The first-order valence-electron chi connectivity index (χ1n) is 15.1. The zero-order chi connectivity index (χ0) is 25.3. The number of carboxylic acids is 1. The summed E-state index contributed by atoms with van der Waals surface area (Å²) in [5.41, 5.74) is 0. The normalized spacial score (nSPS) is 12.8. The van der Waals surface area contributed by atoms with Gasteiger partial charge in [0, 0.05) is 6.42 Å². The van der Waals surface area contributed by atoms with Crippen LogP contribution in [0.5, 0.6) is 0 Å². The first kappa shape index (κ1) is 33.4. The van der Waals surface area contributed by atoms with Gasteiger partial charge in [0.05, 0.1) is 20.6 Å². The van der Waals surface area contributed by atoms with Gasteiger partial charge in [0.1, 0.15) is 12.6 Å². The third kappa shape index (κ3) is 26.0. The summed E-state index contributed by atoms with van der Waals surface area (Å²) in [7, 11) is 4.41. The molecule has 34 heavy (non-hydrogen) atoms. The van der Waals surface area contributed by atoms with E-state index in [-0.39, 0.29) is 12.5 Å². The second kappa shape index (κ2) is 24.1. The molecule has 0 bridgehead atoms. The minimum atomic E-state index is -0.691. The van der Waals surface area contributed by atoms with Crippen molar-refractivity contribution >= 4 is 5.97 Å². The van der Waals surface area contributed by atoms with Crippen LogP contribution in [0.15, 0.2) is 0 Å². The van der Waals surface area contributed by atoms with Gasteiger partial charge in [-0.2, -0.15) is 0 Å². The average molecular weight is 485 g/mol. The highest BCUT2D eigenvalue weighted by Crippen LogP contribution is 2.15. The van der Waals surface area contributed by atoms with Gasteiger partial charge in [-0.1, -0.05) is 122 Å². The summed E-state index contributed by atoms with van der Waals surface area (Å²) >= 11 is 0. The largest absolute Gasteiger partial charge is 0.481 e. The van der Waals surface area contributed by atoms with E-state index in [1.165, 1.54) is 103 Å². The molecule has 0 spiro atoms. The molecule has 0 aromatic heterocycles. The van der Waals surface area contributed by atoms with E-state index in [1.54, 1.807) is 0 Å². The lowest BCUT2D eigenvalue weighted by molar-refractivity contribution is -0.893. The van der Waals surface area contributed by atoms with Gasteiger partial charge in [-0.25, -0.2) is 0 Å². The number of aliphatic hydroxyl groups is 1. The molecule has 0 aliphatic heterocycles. The topological polar surface area (TPSA) is 57.5 Å². The number of quaternary nitrogens is 1. The maximum absolute atomic E-state index is 10.5. The van der Waals surface area contributed by atoms with Gasteiger partial charge >= 0.3 is 5.97 Å². The van der Waals surface area contributed by atoms with E-state index in [9.17, 15) is 9.90 Å². The van der Waals surface area contributed by atoms with E-state index in [0.717, 1.165) is 56.1 Å². The Bertz CT molecular complexity index is 439. The van der Waals surface area contributed by atoms with Crippen LogP contribution >= 0.6 is 0 Å². The first-order chi connectivity index (χ1) is 16.4. The Morgan fingerprint density at radius 2 is 1.00 bits per heavy atom. The number of carboxylic acid groups (broad SMARTS) is 1. The number of rotatable bonds is 27. The fourth-order valence-electron chi connectivity index (χ4n) is 5.03. The van der Waals surface area contributed by atoms with Crippen LogP contribution < -0.4 is 0 Å². The van der Waals surface area contributed by atoms with Crippen molar-refractivity contribution in [3.05, 3.63) is 0 Å². The second-order valence-corrected chi connectivity index (χ2v) is 11.5. The highest BCUT2D eigenvalue weighted by molar-refractivity contribution is 5.66. The summed E-state index contributed by atoms with van der Waals surface area (Å²) in [6.45, 7) is 4.17. The van der Waals surface area contributed by atoms with Crippen molar-refractivity contribution in [2.45, 2.75) is 161 Å². The molecule has 0 amide bonds. The summed E-state index contributed by atoms with van der Waals surface area (Å²) in [6, 6.07) is 0. The molecule has 0 rings (SSSR count). The smallest absolute Gasteiger partial charge is 0.303 e. The van der Waals surface area contributed by atoms with Crippen molar-refractivity contribution in [1.82, 2.24) is 0 Å². The third-order valence-corrected chi connectivity index (χ3v) is 7.25. The standard InChI is InChI=1S/C30H61NO3/c1-4-5-6-7-8-9-10-11-12-13-14-15-16-17-18-19-22-25-29(32)28-31(2,3)27-24-21-20-23-26-30(33)34/h29,32H,4-28H2,1-3H3/p+1. The van der Waals surface area contributed by atoms with E-state index < -0.39 is 5.97 Å². The molecule has 0 radical (unpaired) electrons. The maximum atomic E-state index is 10.5. The SMILES string of the molecule is CCCCCCCCCCCCCCCCCCCC(O)C[N+](C)(C)CCCCCCC(=O)O. The molecule has 0 saturated carbocycles. The minimum Gasteiger partial charge on any atom is -0.481 e. The summed E-state index contributed by atoms with van der Waals surface area (Å²) in [6.07, 6.45) is 28.6. The first-order valence-corrected chi connectivity index (χ1v) is 15.1. The number of hydrogen-bond acceptors (Lipinski definition) is 2. The third-order valence-electron chi connectivity index (χ3n) is 7.25. The van der Waals surface area contributed by atoms with Crippen molar-refractivity contribution in [2.24, 2.45) is 0 Å². The molecule has 0 aromatic rings. The van der Waals surface area contributed by atoms with Crippen LogP contribution in [0.25, 0.3) is 0 Å². The van der Waals surface area contributed by atoms with Gasteiger partial charge < -0.3 is 14.7 Å². The molecule has 0 aromatic carbocycles. The Morgan fingerprint density at radius 1 is 0.618 bits per heavy atom. The van der Waals surface area contributed by atoms with Gasteiger partial charge in [-0.3, -0.25) is 4.79 Å². The monoisotopic (exact) mass is 484 g/mol. The molecule has 0 heterocycles. The van der Waals surface area contributed by atoms with Crippen LogP contribution in [0, 0.1) is 0 Å². The van der Waals surface area contributed by atoms with Crippen LogP contribution in [-0.4, -0.2) is 54.0 Å². The molecule has 0 aliphatic rings. The van der Waals surface area contributed by atoms with Gasteiger partial charge in [-0.15, -0.1) is 0 Å². The second-order valence-electron chi connectivity index (χ2n) is 11.5. The van der Waals surface area contributed by atoms with Crippen molar-refractivity contribution in [2.75, 3.05) is 27.2 Å². The Kier molecular flexibility index (Phi) is 23.7. The van der Waals surface area contributed by atoms with E-state index in [0.29, 0.717) is 0 Å². The Morgan fingerprint density at radius 3 is 1.44 bits per heavy atom. The van der Waals surface area contributed by atoms with Crippen molar-refractivity contribution in [1.29, 1.82) is 0 Å². The number of unbranched alkanes of at least 4 members (excludes halogenated alkanes) is 19. The summed E-state index contributed by atoms with van der Waals surface area (Å²) in [4.78, 5) is 10.5. The number of nitrogens with zero attached hydrogens (tertiary/aromatic N) is 1. The van der Waals surface area contributed by atoms with E-state index in [4.69, 9.17) is 5.11 Å². The Balaban J connectivity index is 3.38. The number of aliphatic carboxylic acids is 1. The van der Waals surface area contributed by atoms with Crippen LogP contribution in [-0.2, 0) is 4.79 Å². The van der Waals surface area contributed by atoms with E-state index >= 15 is 0 Å². The molecule has 4 nitrogen and oxygen atoms in total. The molecule has 2 N–H and O–H groups in total. The molecule has 1 atom stereocenters. The fraction of sp³-hybridized carbons (Fsp3) is 0.967. The number of hydrogen-bond donors (Lipinski definition) is 2. The van der Waals surface area contributed by atoms with Crippen LogP contribution in [0.1, 0.15) is 155 Å². The van der Waals surface area contributed by atoms with Gasteiger partial charge in [0.2, 0.25) is 0 Å². The van der Waals surface area contributed by atoms with Crippen LogP contribution in [0.4, 0.5) is 0 Å². The predicted molar refractivity (Wildman–Crippen MR) is 147 cm³/mol. The lowest BCUT2D eigenvalue weighted by atomic mass is 10.0. The van der Waals surface area contributed by atoms with Crippen LogP contribution in [0.2, 0.25) is 0 Å². The predicted octanol–water partition coefficient (Wildman–Crippen LogP) is 8.50. The molecule has 1 unspecified atom stereocenters. The van der Waals surface area contributed by atoms with Crippen molar-refractivity contribution < 1.29 is 19.5 Å². The quantitative estimate of drug-likeness (QED) is 0.0907. The number of carbonyl (C=O) groups is 1. The zero-order valence-electron chi connectivity index (χ0n) is 23.5. The molecular weight excluding hydrogens is 422 g/mol. The zero-order valence-corrected chi connectivity index (χ0v) is 23.5. The van der Waals surface area contributed by atoms with Crippen molar-refractivity contribution in [3.63, 3.8) is 0 Å². The van der Waals surface area contributed by atoms with Gasteiger partial charge in [0.25, 0.3) is 0 Å². The maximum Gasteiger partial charge on any atom is 0.303 e. The summed E-state index contributed by atoms with van der Waals surface area (Å²) < 4.78 is 0.860. The molecule has 0 aliphatic carbocycles. The van der Waals surface area contributed by atoms with Crippen LogP contribution in [0.3, 0.4) is 0 Å². The molecule has 0 fully saturated rings. The highest BCUT2D eigenvalue weighted by atomic mass is 16.4. The van der Waals surface area contributed by atoms with E-state index in [1.807, 2.05) is 0 Å².